The molecule has 1 rings (SSSR count). The van der Waals surface area contributed by atoms with Gasteiger partial charge in [-0.05, 0) is 30.0 Å². The number of primary amides is 1. The number of hydrogen-bond donors (Lipinski definition) is 8. The zero-order valence-electron chi connectivity index (χ0n) is 19.6. The van der Waals surface area contributed by atoms with Crippen LogP contribution in [0.1, 0.15) is 32.3 Å². The van der Waals surface area contributed by atoms with Crippen molar-refractivity contribution in [1.82, 2.24) is 16.0 Å². The number of amides is 4. The second-order valence-corrected chi connectivity index (χ2v) is 8.85. The lowest BCUT2D eigenvalue weighted by atomic mass is 10.0. The highest BCUT2D eigenvalue weighted by Gasteiger charge is 2.30. The monoisotopic (exact) mass is 511 g/mol. The van der Waals surface area contributed by atoms with E-state index in [0.717, 1.165) is 0 Å². The number of aromatic hydroxyl groups is 1. The summed E-state index contributed by atoms with van der Waals surface area (Å²) in [5.74, 6) is -4.64. The van der Waals surface area contributed by atoms with Crippen molar-refractivity contribution in [3.05, 3.63) is 29.8 Å². The molecular formula is C22H33N5O7S. The molecule has 0 saturated heterocycles. The molecule has 1 aromatic rings. The third-order valence-electron chi connectivity index (χ3n) is 4.91. The molecule has 0 heterocycles. The number of hydrogen-bond acceptors (Lipinski definition) is 8. The predicted molar refractivity (Wildman–Crippen MR) is 130 cm³/mol. The maximum Gasteiger partial charge on any atom is 0.326 e. The molecule has 0 saturated carbocycles. The standard InChI is InChI=1S/C22H33N5O7S/c1-11(2)7-14(23)19(30)25-15(8-12-3-5-13(28)6-4-12)20(31)27-17(10-35)21(32)26-16(22(33)34)9-18(24)29/h3-6,11,14-17,28,35H,7-10,23H2,1-2H3,(H2,24,29)(H,25,30)(H,26,32)(H,27,31)(H,33,34). The Labute approximate surface area is 208 Å². The Morgan fingerprint density at radius 1 is 0.914 bits per heavy atom. The Balaban J connectivity index is 3.02. The van der Waals surface area contributed by atoms with Crippen LogP contribution >= 0.6 is 12.6 Å². The third-order valence-corrected chi connectivity index (χ3v) is 5.27. The van der Waals surface area contributed by atoms with E-state index in [-0.39, 0.29) is 23.8 Å². The lowest BCUT2D eigenvalue weighted by molar-refractivity contribution is -0.143. The molecule has 4 unspecified atom stereocenters. The predicted octanol–water partition coefficient (Wildman–Crippen LogP) is -1.35. The van der Waals surface area contributed by atoms with Crippen LogP contribution in [0.5, 0.6) is 5.75 Å². The van der Waals surface area contributed by atoms with Crippen molar-refractivity contribution in [2.45, 2.75) is 57.3 Å². The summed E-state index contributed by atoms with van der Waals surface area (Å²) in [6.45, 7) is 3.79. The lowest BCUT2D eigenvalue weighted by Gasteiger charge is -2.25. The van der Waals surface area contributed by atoms with Gasteiger partial charge in [-0.25, -0.2) is 4.79 Å². The van der Waals surface area contributed by atoms with Gasteiger partial charge in [-0.3, -0.25) is 19.2 Å². The van der Waals surface area contributed by atoms with E-state index >= 15 is 0 Å². The Morgan fingerprint density at radius 2 is 1.43 bits per heavy atom. The van der Waals surface area contributed by atoms with Gasteiger partial charge in [0.1, 0.15) is 23.9 Å². The van der Waals surface area contributed by atoms with Gasteiger partial charge >= 0.3 is 5.97 Å². The maximum absolute atomic E-state index is 13.0. The van der Waals surface area contributed by atoms with Crippen LogP contribution in [0.4, 0.5) is 0 Å². The number of phenolic OH excluding ortho intramolecular Hbond substituents is 1. The summed E-state index contributed by atoms with van der Waals surface area (Å²) >= 11 is 4.04. The van der Waals surface area contributed by atoms with Crippen molar-refractivity contribution in [3.63, 3.8) is 0 Å². The van der Waals surface area contributed by atoms with Crippen molar-refractivity contribution in [3.8, 4) is 5.75 Å². The number of carboxylic acid groups (broad SMARTS) is 1. The fourth-order valence-corrected chi connectivity index (χ4v) is 3.37. The highest BCUT2D eigenvalue weighted by molar-refractivity contribution is 7.80. The van der Waals surface area contributed by atoms with E-state index < -0.39 is 60.2 Å². The summed E-state index contributed by atoms with van der Waals surface area (Å²) in [4.78, 5) is 60.6. The van der Waals surface area contributed by atoms with Crippen LogP contribution in [-0.2, 0) is 30.4 Å². The van der Waals surface area contributed by atoms with Gasteiger partial charge in [-0.1, -0.05) is 26.0 Å². The summed E-state index contributed by atoms with van der Waals surface area (Å²) in [5.41, 5.74) is 11.6. The first kappa shape index (κ1) is 29.7. The minimum atomic E-state index is -1.58. The second kappa shape index (κ2) is 14.2. The number of rotatable bonds is 14. The van der Waals surface area contributed by atoms with Crippen LogP contribution < -0.4 is 27.4 Å². The molecule has 0 aliphatic rings. The Hall–Kier alpha value is -3.32. The van der Waals surface area contributed by atoms with Crippen molar-refractivity contribution in [1.29, 1.82) is 0 Å². The van der Waals surface area contributed by atoms with E-state index in [2.05, 4.69) is 28.6 Å². The van der Waals surface area contributed by atoms with Crippen LogP contribution in [0.15, 0.2) is 24.3 Å². The molecular weight excluding hydrogens is 478 g/mol. The number of carboxylic acids is 1. The van der Waals surface area contributed by atoms with E-state index in [9.17, 15) is 34.2 Å². The molecule has 194 valence electrons. The fourth-order valence-electron chi connectivity index (χ4n) is 3.11. The second-order valence-electron chi connectivity index (χ2n) is 8.48. The topological polar surface area (TPSA) is 214 Å². The Kier molecular flexibility index (Phi) is 12.0. The average molecular weight is 512 g/mol. The molecule has 0 aliphatic heterocycles. The average Bonchev–Trinajstić information content (AvgIpc) is 2.76. The fraction of sp³-hybridized carbons (Fsp3) is 0.500. The molecule has 12 nitrogen and oxygen atoms in total. The SMILES string of the molecule is CC(C)CC(N)C(=O)NC(Cc1ccc(O)cc1)C(=O)NC(CS)C(=O)NC(CC(N)=O)C(=O)O. The van der Waals surface area contributed by atoms with Crippen LogP contribution in [0.3, 0.4) is 0 Å². The molecule has 0 aliphatic carbocycles. The van der Waals surface area contributed by atoms with Gasteiger partial charge in [0.15, 0.2) is 0 Å². The number of aliphatic carboxylic acids is 1. The smallest absolute Gasteiger partial charge is 0.326 e. The highest BCUT2D eigenvalue weighted by atomic mass is 32.1. The van der Waals surface area contributed by atoms with Crippen molar-refractivity contribution >= 4 is 42.2 Å². The summed E-state index contributed by atoms with van der Waals surface area (Å²) in [6.07, 6.45) is -0.230. The first-order valence-corrected chi connectivity index (χ1v) is 11.5. The maximum atomic E-state index is 13.0. The Bertz CT molecular complexity index is 910. The molecule has 1 aromatic carbocycles. The van der Waals surface area contributed by atoms with E-state index in [0.29, 0.717) is 12.0 Å². The zero-order chi connectivity index (χ0) is 26.7. The summed E-state index contributed by atoms with van der Waals surface area (Å²) in [5, 5.41) is 25.8. The molecule has 0 aromatic heterocycles. The van der Waals surface area contributed by atoms with Gasteiger partial charge in [0.05, 0.1) is 12.5 Å². The van der Waals surface area contributed by atoms with Gasteiger partial charge in [0.2, 0.25) is 23.6 Å². The quantitative estimate of drug-likeness (QED) is 0.139. The molecule has 0 fully saturated rings. The number of carbonyl (C=O) groups is 5. The normalized spacial score (nSPS) is 14.3. The van der Waals surface area contributed by atoms with Crippen LogP contribution in [0, 0.1) is 5.92 Å². The van der Waals surface area contributed by atoms with Gasteiger partial charge < -0.3 is 37.6 Å². The highest BCUT2D eigenvalue weighted by Crippen LogP contribution is 2.12. The number of nitrogens with one attached hydrogen (secondary N) is 3. The first-order chi connectivity index (χ1) is 16.3. The van der Waals surface area contributed by atoms with Crippen LogP contribution in [0.2, 0.25) is 0 Å². The number of thiol groups is 1. The lowest BCUT2D eigenvalue weighted by Crippen LogP contribution is -2.58. The molecule has 0 bridgehead atoms. The number of benzene rings is 1. The minimum Gasteiger partial charge on any atom is -0.508 e. The molecule has 35 heavy (non-hydrogen) atoms. The van der Waals surface area contributed by atoms with Crippen molar-refractivity contribution in [2.24, 2.45) is 17.4 Å². The van der Waals surface area contributed by atoms with Crippen molar-refractivity contribution < 1.29 is 34.2 Å². The van der Waals surface area contributed by atoms with E-state index in [1.165, 1.54) is 12.1 Å². The molecule has 9 N–H and O–H groups in total. The molecule has 13 heteroatoms. The molecule has 0 radical (unpaired) electrons. The largest absolute Gasteiger partial charge is 0.508 e. The van der Waals surface area contributed by atoms with Gasteiger partial charge in [0, 0.05) is 12.2 Å². The van der Waals surface area contributed by atoms with E-state index in [1.54, 1.807) is 12.1 Å². The number of phenols is 1. The number of nitrogens with two attached hydrogens (primary N) is 2. The molecule has 0 spiro atoms. The third kappa shape index (κ3) is 10.6. The van der Waals surface area contributed by atoms with Gasteiger partial charge in [-0.2, -0.15) is 12.6 Å². The minimum absolute atomic E-state index is 0.0204. The zero-order valence-corrected chi connectivity index (χ0v) is 20.5. The Morgan fingerprint density at radius 3 is 1.91 bits per heavy atom. The van der Waals surface area contributed by atoms with Crippen molar-refractivity contribution in [2.75, 3.05) is 5.75 Å². The van der Waals surface area contributed by atoms with Gasteiger partial charge in [0.25, 0.3) is 0 Å². The van der Waals surface area contributed by atoms with Gasteiger partial charge in [-0.15, -0.1) is 0 Å². The van der Waals surface area contributed by atoms with E-state index in [4.69, 9.17) is 11.5 Å². The first-order valence-electron chi connectivity index (χ1n) is 10.9. The van der Waals surface area contributed by atoms with Crippen LogP contribution in [0.25, 0.3) is 0 Å². The van der Waals surface area contributed by atoms with E-state index in [1.807, 2.05) is 13.8 Å². The van der Waals surface area contributed by atoms with Crippen LogP contribution in [-0.4, -0.2) is 69.7 Å². The molecule has 4 atom stereocenters. The molecule has 4 amide bonds. The summed E-state index contributed by atoms with van der Waals surface area (Å²) in [6, 6.07) is 1.13. The summed E-state index contributed by atoms with van der Waals surface area (Å²) in [7, 11) is 0. The summed E-state index contributed by atoms with van der Waals surface area (Å²) < 4.78 is 0. The number of carbonyl (C=O) groups excluding carboxylic acids is 4.